The minimum Gasteiger partial charge on any atom is -0.463 e. The number of hydrogen-bond donors (Lipinski definition) is 0. The minimum absolute atomic E-state index is 0.120. The van der Waals surface area contributed by atoms with E-state index in [0.29, 0.717) is 98.9 Å². The van der Waals surface area contributed by atoms with Gasteiger partial charge in [-0.25, -0.2) is 0 Å². The molecule has 0 amide bonds. The van der Waals surface area contributed by atoms with Gasteiger partial charge < -0.3 is 37.9 Å². The molecule has 0 atom stereocenters. The standard InChI is InChI=1S/C50H100O9/c1-3-5-7-9-11-13-15-17-19-21-23-25-27-29-31-33-35-52-36-37-53-38-39-54-40-41-55-42-43-56-44-45-57-46-47-58-48-49-59-50(51)34-32-30-28-26-24-22-20-18-16-14-12-10-8-6-4-2/h3-49H2,1-2H3. The SMILES string of the molecule is CCCCCCCCCCCCCCCCCCOCCOCCOCCOCCOCCOCCOCCOC(=O)CCCCCCCCCCCCCCCCC. The molecule has 0 radical (unpaired) electrons. The van der Waals surface area contributed by atoms with Gasteiger partial charge in [-0.1, -0.05) is 200 Å². The summed E-state index contributed by atoms with van der Waals surface area (Å²) in [4.78, 5) is 11.9. The summed E-state index contributed by atoms with van der Waals surface area (Å²) in [5, 5.41) is 0. The maximum atomic E-state index is 11.9. The van der Waals surface area contributed by atoms with E-state index in [0.717, 1.165) is 25.9 Å². The Kier molecular flexibility index (Phi) is 54.4. The van der Waals surface area contributed by atoms with Crippen molar-refractivity contribution in [1.29, 1.82) is 0 Å². The monoisotopic (exact) mass is 845 g/mol. The molecule has 9 heteroatoms. The lowest BCUT2D eigenvalue weighted by atomic mass is 10.0. The van der Waals surface area contributed by atoms with Crippen molar-refractivity contribution in [1.82, 2.24) is 0 Å². The van der Waals surface area contributed by atoms with E-state index in [1.807, 2.05) is 0 Å². The average Bonchev–Trinajstić information content (AvgIpc) is 3.24. The van der Waals surface area contributed by atoms with Gasteiger partial charge in [0.05, 0.1) is 85.9 Å². The van der Waals surface area contributed by atoms with Crippen LogP contribution in [0.2, 0.25) is 0 Å². The molecule has 9 nitrogen and oxygen atoms in total. The van der Waals surface area contributed by atoms with Gasteiger partial charge in [0.1, 0.15) is 6.61 Å². The lowest BCUT2D eigenvalue weighted by molar-refractivity contribution is -0.145. The van der Waals surface area contributed by atoms with Crippen molar-refractivity contribution in [3.8, 4) is 0 Å². The molecule has 0 aliphatic carbocycles. The fraction of sp³-hybridized carbons (Fsp3) is 0.980. The van der Waals surface area contributed by atoms with Crippen LogP contribution in [0.4, 0.5) is 0 Å². The van der Waals surface area contributed by atoms with Crippen molar-refractivity contribution in [2.45, 2.75) is 219 Å². The van der Waals surface area contributed by atoms with Crippen LogP contribution in [0.1, 0.15) is 219 Å². The fourth-order valence-corrected chi connectivity index (χ4v) is 7.10. The van der Waals surface area contributed by atoms with Crippen LogP contribution < -0.4 is 0 Å². The summed E-state index contributed by atoms with van der Waals surface area (Å²) >= 11 is 0. The lowest BCUT2D eigenvalue weighted by Crippen LogP contribution is -2.15. The van der Waals surface area contributed by atoms with Crippen LogP contribution >= 0.6 is 0 Å². The summed E-state index contributed by atoms with van der Waals surface area (Å²) in [5.41, 5.74) is 0. The quantitative estimate of drug-likeness (QED) is 0.0438. The number of ether oxygens (including phenoxy) is 8. The second-order valence-electron chi connectivity index (χ2n) is 16.5. The minimum atomic E-state index is -0.120. The smallest absolute Gasteiger partial charge is 0.305 e. The number of hydrogen-bond acceptors (Lipinski definition) is 9. The van der Waals surface area contributed by atoms with Crippen molar-refractivity contribution in [2.75, 3.05) is 99.1 Å². The molecule has 0 aromatic rings. The molecule has 0 aromatic carbocycles. The van der Waals surface area contributed by atoms with E-state index in [9.17, 15) is 4.79 Å². The summed E-state index contributed by atoms with van der Waals surface area (Å²) in [7, 11) is 0. The van der Waals surface area contributed by atoms with Crippen molar-refractivity contribution in [3.63, 3.8) is 0 Å². The molecular weight excluding hydrogens is 745 g/mol. The molecule has 0 aliphatic heterocycles. The van der Waals surface area contributed by atoms with Crippen LogP contribution in [0.5, 0.6) is 0 Å². The zero-order valence-corrected chi connectivity index (χ0v) is 39.4. The van der Waals surface area contributed by atoms with E-state index in [1.165, 1.54) is 180 Å². The summed E-state index contributed by atoms with van der Waals surface area (Å²) in [6.45, 7) is 12.6. The molecule has 0 heterocycles. The molecule has 0 rings (SSSR count). The maximum absolute atomic E-state index is 11.9. The average molecular weight is 845 g/mol. The Bertz CT molecular complexity index is 756. The van der Waals surface area contributed by atoms with Crippen molar-refractivity contribution in [3.05, 3.63) is 0 Å². The second-order valence-corrected chi connectivity index (χ2v) is 16.5. The third kappa shape index (κ3) is 55.2. The molecule has 354 valence electrons. The number of carbonyl (C=O) groups excluding carboxylic acids is 1. The predicted octanol–water partition coefficient (Wildman–Crippen LogP) is 13.2. The Morgan fingerprint density at radius 1 is 0.237 bits per heavy atom. The Balaban J connectivity index is 3.12. The second kappa shape index (κ2) is 55.2. The molecule has 59 heavy (non-hydrogen) atoms. The topological polar surface area (TPSA) is 90.9 Å². The Morgan fingerprint density at radius 3 is 0.712 bits per heavy atom. The van der Waals surface area contributed by atoms with Gasteiger partial charge in [0, 0.05) is 13.0 Å². The van der Waals surface area contributed by atoms with E-state index in [1.54, 1.807) is 0 Å². The van der Waals surface area contributed by atoms with E-state index in [2.05, 4.69) is 13.8 Å². The largest absolute Gasteiger partial charge is 0.463 e. The van der Waals surface area contributed by atoms with Crippen molar-refractivity contribution in [2.24, 2.45) is 0 Å². The van der Waals surface area contributed by atoms with Gasteiger partial charge in [0.2, 0.25) is 0 Å². The zero-order valence-electron chi connectivity index (χ0n) is 39.4. The normalized spacial score (nSPS) is 11.6. The number of rotatable bonds is 54. The Labute approximate surface area is 366 Å². The third-order valence-electron chi connectivity index (χ3n) is 10.8. The molecule has 0 unspecified atom stereocenters. The molecule has 0 saturated heterocycles. The molecule has 0 N–H and O–H groups in total. The highest BCUT2D eigenvalue weighted by Gasteiger charge is 2.03. The molecule has 0 aliphatic rings. The van der Waals surface area contributed by atoms with Gasteiger partial charge in [-0.3, -0.25) is 4.79 Å². The molecule has 0 spiro atoms. The maximum Gasteiger partial charge on any atom is 0.305 e. The van der Waals surface area contributed by atoms with Gasteiger partial charge >= 0.3 is 5.97 Å². The van der Waals surface area contributed by atoms with Gasteiger partial charge in [-0.05, 0) is 12.8 Å². The molecule has 0 fully saturated rings. The molecule has 0 bridgehead atoms. The summed E-state index contributed by atoms with van der Waals surface area (Å²) in [5.74, 6) is -0.120. The fourth-order valence-electron chi connectivity index (χ4n) is 7.10. The Morgan fingerprint density at radius 2 is 0.441 bits per heavy atom. The highest BCUT2D eigenvalue weighted by molar-refractivity contribution is 5.69. The third-order valence-corrected chi connectivity index (χ3v) is 10.8. The highest BCUT2D eigenvalue weighted by atomic mass is 16.6. The first-order chi connectivity index (χ1) is 29.3. The lowest BCUT2D eigenvalue weighted by Gasteiger charge is -2.09. The Hall–Kier alpha value is -0.810. The first kappa shape index (κ1) is 58.2. The zero-order chi connectivity index (χ0) is 42.5. The molecule has 0 saturated carbocycles. The van der Waals surface area contributed by atoms with Crippen LogP contribution in [0, 0.1) is 0 Å². The van der Waals surface area contributed by atoms with E-state index >= 15 is 0 Å². The van der Waals surface area contributed by atoms with Gasteiger partial charge in [0.25, 0.3) is 0 Å². The summed E-state index contributed by atoms with van der Waals surface area (Å²) in [6.07, 6.45) is 42.5. The van der Waals surface area contributed by atoms with Crippen molar-refractivity contribution >= 4 is 5.97 Å². The van der Waals surface area contributed by atoms with Crippen LogP contribution in [0.15, 0.2) is 0 Å². The van der Waals surface area contributed by atoms with Crippen molar-refractivity contribution < 1.29 is 42.7 Å². The van der Waals surface area contributed by atoms with E-state index in [-0.39, 0.29) is 5.97 Å². The highest BCUT2D eigenvalue weighted by Crippen LogP contribution is 2.15. The van der Waals surface area contributed by atoms with Crippen LogP contribution in [-0.4, -0.2) is 105 Å². The first-order valence-corrected chi connectivity index (χ1v) is 25.5. The first-order valence-electron chi connectivity index (χ1n) is 25.5. The summed E-state index contributed by atoms with van der Waals surface area (Å²) < 4.78 is 44.2. The summed E-state index contributed by atoms with van der Waals surface area (Å²) in [6, 6.07) is 0. The van der Waals surface area contributed by atoms with E-state index in [4.69, 9.17) is 37.9 Å². The molecular formula is C50H100O9. The number of esters is 1. The van der Waals surface area contributed by atoms with Crippen LogP contribution in [0.3, 0.4) is 0 Å². The van der Waals surface area contributed by atoms with Crippen LogP contribution in [0.25, 0.3) is 0 Å². The molecule has 0 aromatic heterocycles. The van der Waals surface area contributed by atoms with Crippen LogP contribution in [-0.2, 0) is 42.7 Å². The number of carbonyl (C=O) groups is 1. The predicted molar refractivity (Wildman–Crippen MR) is 246 cm³/mol. The number of unbranched alkanes of at least 4 members (excludes halogenated alkanes) is 29. The van der Waals surface area contributed by atoms with Gasteiger partial charge in [0.15, 0.2) is 0 Å². The van der Waals surface area contributed by atoms with Gasteiger partial charge in [-0.15, -0.1) is 0 Å². The van der Waals surface area contributed by atoms with E-state index < -0.39 is 0 Å². The van der Waals surface area contributed by atoms with Gasteiger partial charge in [-0.2, -0.15) is 0 Å².